The molecule has 2 aromatic carbocycles. The predicted octanol–water partition coefficient (Wildman–Crippen LogP) is 1.99. The molecule has 3 fully saturated rings. The van der Waals surface area contributed by atoms with Crippen LogP contribution in [0.2, 0.25) is 0 Å². The first kappa shape index (κ1) is 23.4. The van der Waals surface area contributed by atoms with Gasteiger partial charge >= 0.3 is 0 Å². The van der Waals surface area contributed by atoms with Crippen LogP contribution in [-0.4, -0.2) is 73.4 Å². The summed E-state index contributed by atoms with van der Waals surface area (Å²) in [6, 6.07) is 17.7. The molecular weight excluding hydrogens is 456 g/mol. The Hall–Kier alpha value is -2.30. The van der Waals surface area contributed by atoms with E-state index < -0.39 is 21.2 Å². The van der Waals surface area contributed by atoms with Gasteiger partial charge in [0, 0.05) is 38.7 Å². The number of likely N-dealkylation sites (tertiary alicyclic amines) is 1. The second-order valence-corrected chi connectivity index (χ2v) is 11.2. The summed E-state index contributed by atoms with van der Waals surface area (Å²) in [4.78, 5) is 16.2. The molecule has 9 heteroatoms. The molecule has 5 rings (SSSR count). The van der Waals surface area contributed by atoms with Gasteiger partial charge in [0.05, 0.1) is 18.1 Å². The summed E-state index contributed by atoms with van der Waals surface area (Å²) in [6.45, 7) is 1.23. The molecule has 3 aliphatic rings. The normalized spacial score (nSPS) is 27.1. The van der Waals surface area contributed by atoms with Gasteiger partial charge in [0.15, 0.2) is 5.79 Å². The van der Waals surface area contributed by atoms with Crippen LogP contribution < -0.4 is 0 Å². The maximum Gasteiger partial charge on any atom is 0.243 e. The van der Waals surface area contributed by atoms with E-state index in [1.165, 1.54) is 4.31 Å². The number of benzene rings is 2. The number of ether oxygens (including phenoxy) is 2. The summed E-state index contributed by atoms with van der Waals surface area (Å²) in [7, 11) is -3.80. The smallest absolute Gasteiger partial charge is 0.243 e. The Morgan fingerprint density at radius 3 is 2.29 bits per heavy atom. The van der Waals surface area contributed by atoms with Crippen molar-refractivity contribution in [1.82, 2.24) is 9.21 Å². The van der Waals surface area contributed by atoms with Crippen molar-refractivity contribution in [2.24, 2.45) is 5.41 Å². The first-order valence-electron chi connectivity index (χ1n) is 11.7. The topological polar surface area (TPSA) is 96.4 Å². The van der Waals surface area contributed by atoms with Crippen LogP contribution in [-0.2, 0) is 30.8 Å². The minimum Gasteiger partial charge on any atom is -0.396 e. The zero-order chi connectivity index (χ0) is 23.8. The van der Waals surface area contributed by atoms with E-state index in [1.54, 1.807) is 35.2 Å². The molecule has 3 heterocycles. The van der Waals surface area contributed by atoms with E-state index in [2.05, 4.69) is 0 Å². The van der Waals surface area contributed by atoms with E-state index in [9.17, 15) is 18.3 Å². The number of hydrogen-bond donors (Lipinski definition) is 1. The van der Waals surface area contributed by atoms with Crippen LogP contribution >= 0.6 is 0 Å². The van der Waals surface area contributed by atoms with Crippen molar-refractivity contribution in [3.05, 3.63) is 66.2 Å². The van der Waals surface area contributed by atoms with Gasteiger partial charge in [0.25, 0.3) is 0 Å². The van der Waals surface area contributed by atoms with E-state index in [4.69, 9.17) is 9.47 Å². The standard InChI is InChI=1S/C25H30N2O6S/c28-14-11-21-17-24(23(29)27(21)18-20-7-3-1-4-8-20)19-26(13-12-25(24)32-15-16-33-25)34(30,31)22-9-5-2-6-10-22/h1-10,21,28H,11-19H2/t21-,24-/m1/s1. The van der Waals surface area contributed by atoms with E-state index in [0.717, 1.165) is 5.56 Å². The molecule has 3 aliphatic heterocycles. The Kier molecular flexibility index (Phi) is 6.24. The first-order valence-corrected chi connectivity index (χ1v) is 13.1. The Morgan fingerprint density at radius 1 is 1.00 bits per heavy atom. The van der Waals surface area contributed by atoms with Gasteiger partial charge in [-0.25, -0.2) is 8.42 Å². The molecule has 2 atom stereocenters. The summed E-state index contributed by atoms with van der Waals surface area (Å²) in [5.41, 5.74) is -0.208. The Bertz CT molecular complexity index is 1120. The van der Waals surface area contributed by atoms with Crippen LogP contribution in [0.15, 0.2) is 65.6 Å². The van der Waals surface area contributed by atoms with Crippen LogP contribution in [0.4, 0.5) is 0 Å². The van der Waals surface area contributed by atoms with Gasteiger partial charge in [0.2, 0.25) is 15.9 Å². The van der Waals surface area contributed by atoms with Crippen LogP contribution in [0, 0.1) is 5.41 Å². The third-order valence-electron chi connectivity index (χ3n) is 7.35. The average Bonchev–Trinajstić information content (AvgIpc) is 3.43. The molecule has 0 aliphatic carbocycles. The number of aliphatic hydroxyl groups excluding tert-OH is 1. The maximum absolute atomic E-state index is 14.2. The molecule has 3 saturated heterocycles. The Labute approximate surface area is 200 Å². The van der Waals surface area contributed by atoms with Gasteiger partial charge in [-0.15, -0.1) is 0 Å². The third kappa shape index (κ3) is 3.76. The Balaban J connectivity index is 1.53. The fraction of sp³-hybridized carbons (Fsp3) is 0.480. The second kappa shape index (κ2) is 9.05. The lowest BCUT2D eigenvalue weighted by Gasteiger charge is -2.49. The van der Waals surface area contributed by atoms with Crippen molar-refractivity contribution in [2.45, 2.75) is 42.5 Å². The fourth-order valence-electron chi connectivity index (χ4n) is 5.71. The lowest BCUT2D eigenvalue weighted by atomic mass is 9.72. The van der Waals surface area contributed by atoms with Crippen molar-refractivity contribution >= 4 is 15.9 Å². The molecule has 1 N–H and O–H groups in total. The number of carbonyl (C=O) groups is 1. The van der Waals surface area contributed by atoms with E-state index in [0.29, 0.717) is 32.6 Å². The largest absolute Gasteiger partial charge is 0.396 e. The number of nitrogens with zero attached hydrogens (tertiary/aromatic N) is 2. The van der Waals surface area contributed by atoms with Crippen LogP contribution in [0.5, 0.6) is 0 Å². The number of rotatable bonds is 6. The van der Waals surface area contributed by atoms with Gasteiger partial charge in [-0.05, 0) is 30.5 Å². The summed E-state index contributed by atoms with van der Waals surface area (Å²) < 4.78 is 40.6. The molecule has 0 unspecified atom stereocenters. The molecule has 8 nitrogen and oxygen atoms in total. The second-order valence-electron chi connectivity index (χ2n) is 9.22. The lowest BCUT2D eigenvalue weighted by Crippen LogP contribution is -2.64. The zero-order valence-corrected chi connectivity index (χ0v) is 19.8. The minimum absolute atomic E-state index is 0.0176. The van der Waals surface area contributed by atoms with Gasteiger partial charge in [-0.1, -0.05) is 48.5 Å². The van der Waals surface area contributed by atoms with Gasteiger partial charge in [-0.3, -0.25) is 4.79 Å². The highest BCUT2D eigenvalue weighted by atomic mass is 32.2. The predicted molar refractivity (Wildman–Crippen MR) is 124 cm³/mol. The molecule has 0 saturated carbocycles. The number of fused-ring (bicyclic) bond motifs is 1. The molecule has 2 spiro atoms. The molecule has 2 aromatic rings. The summed E-state index contributed by atoms with van der Waals surface area (Å²) >= 11 is 0. The minimum atomic E-state index is -3.80. The number of amides is 1. The van der Waals surface area contributed by atoms with Crippen molar-refractivity contribution in [1.29, 1.82) is 0 Å². The van der Waals surface area contributed by atoms with Gasteiger partial charge in [0.1, 0.15) is 5.41 Å². The molecular formula is C25H30N2O6S. The fourth-order valence-corrected chi connectivity index (χ4v) is 7.23. The SMILES string of the molecule is O=C1N(Cc2ccccc2)[C@H](CCO)C[C@@]12CN(S(=O)(=O)c1ccccc1)CCC21OCCO1. The zero-order valence-electron chi connectivity index (χ0n) is 19.0. The van der Waals surface area contributed by atoms with Gasteiger partial charge < -0.3 is 19.5 Å². The van der Waals surface area contributed by atoms with Gasteiger partial charge in [-0.2, -0.15) is 4.31 Å². The number of hydrogen-bond acceptors (Lipinski definition) is 6. The van der Waals surface area contributed by atoms with Crippen molar-refractivity contribution in [2.75, 3.05) is 32.9 Å². The number of sulfonamides is 1. The molecule has 0 aromatic heterocycles. The van der Waals surface area contributed by atoms with Crippen LogP contribution in [0.3, 0.4) is 0 Å². The third-order valence-corrected chi connectivity index (χ3v) is 9.21. The average molecular weight is 487 g/mol. The van der Waals surface area contributed by atoms with E-state index in [-0.39, 0.29) is 43.0 Å². The number of carbonyl (C=O) groups excluding carboxylic acids is 1. The summed E-state index contributed by atoms with van der Waals surface area (Å²) in [6.07, 6.45) is 1.04. The van der Waals surface area contributed by atoms with Crippen molar-refractivity contribution in [3.8, 4) is 0 Å². The lowest BCUT2D eigenvalue weighted by molar-refractivity contribution is -0.250. The molecule has 34 heavy (non-hydrogen) atoms. The molecule has 0 radical (unpaired) electrons. The highest BCUT2D eigenvalue weighted by molar-refractivity contribution is 7.89. The van der Waals surface area contributed by atoms with E-state index in [1.807, 2.05) is 30.3 Å². The van der Waals surface area contributed by atoms with Crippen molar-refractivity contribution < 1.29 is 27.8 Å². The Morgan fingerprint density at radius 2 is 1.65 bits per heavy atom. The van der Waals surface area contributed by atoms with Crippen LogP contribution in [0.25, 0.3) is 0 Å². The molecule has 1 amide bonds. The maximum atomic E-state index is 14.2. The van der Waals surface area contributed by atoms with E-state index >= 15 is 0 Å². The highest BCUT2D eigenvalue weighted by Gasteiger charge is 2.68. The van der Waals surface area contributed by atoms with Crippen LogP contribution in [0.1, 0.15) is 24.8 Å². The quantitative estimate of drug-likeness (QED) is 0.671. The first-order chi connectivity index (χ1) is 16.4. The molecule has 0 bridgehead atoms. The highest BCUT2D eigenvalue weighted by Crippen LogP contribution is 2.54. The monoisotopic (exact) mass is 486 g/mol. The molecule has 182 valence electrons. The number of aliphatic hydroxyl groups is 1. The van der Waals surface area contributed by atoms with Crippen molar-refractivity contribution in [3.63, 3.8) is 0 Å². The summed E-state index contributed by atoms with van der Waals surface area (Å²) in [5, 5.41) is 9.76. The summed E-state index contributed by atoms with van der Waals surface area (Å²) in [5.74, 6) is -1.34. The number of piperidine rings is 1.